The summed E-state index contributed by atoms with van der Waals surface area (Å²) in [5.41, 5.74) is 0.928. The number of benzene rings is 2. The third-order valence-electron chi connectivity index (χ3n) is 5.53. The molecule has 3 aromatic rings. The first-order valence-electron chi connectivity index (χ1n) is 9.30. The first kappa shape index (κ1) is 20.1. The van der Waals surface area contributed by atoms with Crippen molar-refractivity contribution < 1.29 is 24.1 Å². The first-order chi connectivity index (χ1) is 14.4. The van der Waals surface area contributed by atoms with Crippen molar-refractivity contribution in [2.45, 2.75) is 30.8 Å². The van der Waals surface area contributed by atoms with Crippen LogP contribution in [0.15, 0.2) is 42.7 Å². The van der Waals surface area contributed by atoms with E-state index in [4.69, 9.17) is 0 Å². The van der Waals surface area contributed by atoms with Crippen molar-refractivity contribution in [1.29, 1.82) is 5.26 Å². The van der Waals surface area contributed by atoms with E-state index in [0.717, 1.165) is 12.1 Å². The van der Waals surface area contributed by atoms with Crippen LogP contribution in [0.5, 0.6) is 0 Å². The monoisotopic (exact) mass is 412 g/mol. The Morgan fingerprint density at radius 2 is 1.90 bits per heavy atom. The second-order valence-electron chi connectivity index (χ2n) is 7.29. The van der Waals surface area contributed by atoms with Crippen LogP contribution in [0.1, 0.15) is 23.7 Å². The van der Waals surface area contributed by atoms with Crippen LogP contribution in [0.2, 0.25) is 0 Å². The van der Waals surface area contributed by atoms with Crippen molar-refractivity contribution in [2.75, 3.05) is 5.32 Å². The summed E-state index contributed by atoms with van der Waals surface area (Å²) in [5, 5.41) is 44.4. The number of nitriles is 1. The van der Waals surface area contributed by atoms with Gasteiger partial charge in [0.2, 0.25) is 0 Å². The molecule has 5 atom stereocenters. The van der Waals surface area contributed by atoms with Gasteiger partial charge in [0.15, 0.2) is 11.6 Å². The number of rotatable bonds is 4. The number of hydrogen-bond donors (Lipinski definition) is 4. The quantitative estimate of drug-likeness (QED) is 0.517. The highest BCUT2D eigenvalue weighted by atomic mass is 19.2. The molecular weight excluding hydrogens is 394 g/mol. The van der Waals surface area contributed by atoms with Crippen molar-refractivity contribution in [2.24, 2.45) is 5.92 Å². The van der Waals surface area contributed by atoms with Crippen molar-refractivity contribution in [3.8, 4) is 6.07 Å². The largest absolute Gasteiger partial charge is 0.390 e. The SMILES string of the molecule is N#Cc1cccc2c(N[C@H]3C[C@H](C(O)c4ccc(F)c(F)c4)[C@@H](O)[C@H]3O)ncnc12. The summed E-state index contributed by atoms with van der Waals surface area (Å²) in [6, 6.07) is 9.44. The lowest BCUT2D eigenvalue weighted by Crippen LogP contribution is -2.36. The molecule has 7 nitrogen and oxygen atoms in total. The van der Waals surface area contributed by atoms with Gasteiger partial charge in [-0.25, -0.2) is 18.7 Å². The van der Waals surface area contributed by atoms with Gasteiger partial charge in [-0.15, -0.1) is 0 Å². The Morgan fingerprint density at radius 3 is 2.63 bits per heavy atom. The van der Waals surface area contributed by atoms with Gasteiger partial charge in [0, 0.05) is 11.3 Å². The minimum atomic E-state index is -1.30. The Bertz CT molecular complexity index is 1140. The zero-order valence-electron chi connectivity index (χ0n) is 15.6. The maximum atomic E-state index is 13.5. The Balaban J connectivity index is 1.59. The van der Waals surface area contributed by atoms with E-state index < -0.39 is 41.9 Å². The fourth-order valence-electron chi connectivity index (χ4n) is 3.94. The van der Waals surface area contributed by atoms with Crippen LogP contribution in [-0.4, -0.2) is 43.5 Å². The van der Waals surface area contributed by atoms with Gasteiger partial charge >= 0.3 is 0 Å². The average molecular weight is 412 g/mol. The van der Waals surface area contributed by atoms with Gasteiger partial charge in [-0.1, -0.05) is 12.1 Å². The Labute approximate surface area is 170 Å². The highest BCUT2D eigenvalue weighted by Gasteiger charge is 2.45. The Hall–Kier alpha value is -3.19. The molecule has 1 unspecified atom stereocenters. The third kappa shape index (κ3) is 3.45. The predicted octanol–water partition coefficient (Wildman–Crippen LogP) is 2.04. The third-order valence-corrected chi connectivity index (χ3v) is 5.53. The number of halogens is 2. The molecule has 1 aromatic heterocycles. The van der Waals surface area contributed by atoms with Crippen molar-refractivity contribution in [1.82, 2.24) is 9.97 Å². The van der Waals surface area contributed by atoms with Crippen molar-refractivity contribution in [3.63, 3.8) is 0 Å². The van der Waals surface area contributed by atoms with Gasteiger partial charge in [-0.3, -0.25) is 0 Å². The lowest BCUT2D eigenvalue weighted by molar-refractivity contribution is -0.0222. The van der Waals surface area contributed by atoms with Crippen LogP contribution < -0.4 is 5.32 Å². The van der Waals surface area contributed by atoms with Crippen LogP contribution in [0.3, 0.4) is 0 Å². The molecule has 1 aliphatic carbocycles. The molecule has 1 fully saturated rings. The van der Waals surface area contributed by atoms with Crippen LogP contribution in [0, 0.1) is 28.9 Å². The van der Waals surface area contributed by atoms with Gasteiger partial charge < -0.3 is 20.6 Å². The van der Waals surface area contributed by atoms with E-state index in [1.54, 1.807) is 18.2 Å². The summed E-state index contributed by atoms with van der Waals surface area (Å²) < 4.78 is 26.7. The van der Waals surface area contributed by atoms with E-state index in [1.807, 2.05) is 0 Å². The number of nitrogens with one attached hydrogen (secondary N) is 1. The highest BCUT2D eigenvalue weighted by Crippen LogP contribution is 2.38. The smallest absolute Gasteiger partial charge is 0.159 e. The van der Waals surface area contributed by atoms with E-state index in [9.17, 15) is 29.4 Å². The van der Waals surface area contributed by atoms with E-state index in [0.29, 0.717) is 22.3 Å². The maximum Gasteiger partial charge on any atom is 0.159 e. The molecular formula is C21H18F2N4O3. The molecule has 0 radical (unpaired) electrons. The number of anilines is 1. The highest BCUT2D eigenvalue weighted by molar-refractivity contribution is 5.92. The lowest BCUT2D eigenvalue weighted by Gasteiger charge is -2.22. The zero-order valence-corrected chi connectivity index (χ0v) is 15.6. The molecule has 0 aliphatic heterocycles. The normalized spacial score (nSPS) is 24.5. The van der Waals surface area contributed by atoms with Gasteiger partial charge in [0.1, 0.15) is 24.3 Å². The summed E-state index contributed by atoms with van der Waals surface area (Å²) in [6.45, 7) is 0. The maximum absolute atomic E-state index is 13.5. The van der Waals surface area contributed by atoms with E-state index in [-0.39, 0.29) is 12.0 Å². The lowest BCUT2D eigenvalue weighted by atomic mass is 9.92. The van der Waals surface area contributed by atoms with Crippen LogP contribution in [0.25, 0.3) is 10.9 Å². The number of aliphatic hydroxyl groups excluding tert-OH is 3. The molecule has 4 rings (SSSR count). The summed E-state index contributed by atoms with van der Waals surface area (Å²) in [7, 11) is 0. The topological polar surface area (TPSA) is 122 Å². The predicted molar refractivity (Wildman–Crippen MR) is 103 cm³/mol. The molecule has 2 aromatic carbocycles. The fraction of sp³-hybridized carbons (Fsp3) is 0.286. The van der Waals surface area contributed by atoms with Gasteiger partial charge in [0.05, 0.1) is 29.3 Å². The van der Waals surface area contributed by atoms with E-state index >= 15 is 0 Å². The molecule has 1 heterocycles. The summed E-state index contributed by atoms with van der Waals surface area (Å²) in [5.74, 6) is -2.58. The van der Waals surface area contributed by atoms with Crippen LogP contribution >= 0.6 is 0 Å². The second-order valence-corrected chi connectivity index (χ2v) is 7.29. The average Bonchev–Trinajstić information content (AvgIpc) is 3.03. The van der Waals surface area contributed by atoms with E-state index in [2.05, 4.69) is 21.4 Å². The number of nitrogens with zero attached hydrogens (tertiary/aromatic N) is 3. The number of fused-ring (bicyclic) bond motifs is 1. The molecule has 1 saturated carbocycles. The summed E-state index contributed by atoms with van der Waals surface area (Å²) >= 11 is 0. The zero-order chi connectivity index (χ0) is 21.4. The van der Waals surface area contributed by atoms with Crippen LogP contribution in [-0.2, 0) is 0 Å². The molecule has 30 heavy (non-hydrogen) atoms. The number of para-hydroxylation sites is 1. The number of hydrogen-bond acceptors (Lipinski definition) is 7. The number of aliphatic hydroxyl groups is 3. The van der Waals surface area contributed by atoms with Crippen LogP contribution in [0.4, 0.5) is 14.6 Å². The minimum absolute atomic E-state index is 0.108. The fourth-order valence-corrected chi connectivity index (χ4v) is 3.94. The van der Waals surface area contributed by atoms with Crippen molar-refractivity contribution >= 4 is 16.7 Å². The first-order valence-corrected chi connectivity index (χ1v) is 9.30. The molecule has 4 N–H and O–H groups in total. The summed E-state index contributed by atoms with van der Waals surface area (Å²) in [4.78, 5) is 8.30. The Morgan fingerprint density at radius 1 is 1.10 bits per heavy atom. The molecule has 0 amide bonds. The van der Waals surface area contributed by atoms with Gasteiger partial charge in [0.25, 0.3) is 0 Å². The summed E-state index contributed by atoms with van der Waals surface area (Å²) in [6.07, 6.45) is -2.40. The van der Waals surface area contributed by atoms with Crippen molar-refractivity contribution in [3.05, 3.63) is 65.5 Å². The van der Waals surface area contributed by atoms with Gasteiger partial charge in [-0.2, -0.15) is 5.26 Å². The Kier molecular flexibility index (Phi) is 5.30. The molecule has 9 heteroatoms. The molecule has 1 aliphatic rings. The minimum Gasteiger partial charge on any atom is -0.390 e. The van der Waals surface area contributed by atoms with Gasteiger partial charge in [-0.05, 0) is 36.2 Å². The molecule has 0 bridgehead atoms. The molecule has 0 spiro atoms. The second kappa shape index (κ2) is 7.91. The molecule has 0 saturated heterocycles. The van der Waals surface area contributed by atoms with E-state index in [1.165, 1.54) is 12.4 Å². The standard InChI is InChI=1S/C21H18F2N4O3/c22-14-5-4-10(6-15(14)23)18(28)13-7-16(20(30)19(13)29)27-21-12-3-1-2-11(8-24)17(12)25-9-26-21/h1-6,9,13,16,18-20,28-30H,7H2,(H,25,26,27)/t13-,16+,18?,19-,20+/m1/s1. The molecule has 154 valence electrons. The number of aromatic nitrogens is 2.